The van der Waals surface area contributed by atoms with Gasteiger partial charge in [-0.15, -0.1) is 0 Å². The van der Waals surface area contributed by atoms with Crippen LogP contribution in [0, 0.1) is 39.9 Å². The second-order valence-corrected chi connectivity index (χ2v) is 12.4. The van der Waals surface area contributed by atoms with Gasteiger partial charge in [-0.05, 0) is 105 Å². The van der Waals surface area contributed by atoms with Crippen LogP contribution in [0.2, 0.25) is 0 Å². The van der Waals surface area contributed by atoms with Crippen molar-refractivity contribution in [1.29, 1.82) is 0 Å². The number of fused-ring (bicyclic) bond motifs is 3. The third kappa shape index (κ3) is 4.42. The summed E-state index contributed by atoms with van der Waals surface area (Å²) in [6.07, 6.45) is 12.9. The topological polar surface area (TPSA) is 74.6 Å². The van der Waals surface area contributed by atoms with Gasteiger partial charge in [0.15, 0.2) is 0 Å². The highest BCUT2D eigenvalue weighted by atomic mass is 16.4. The molecule has 0 spiro atoms. The van der Waals surface area contributed by atoms with Crippen molar-refractivity contribution in [3.05, 3.63) is 35.5 Å². The van der Waals surface area contributed by atoms with E-state index in [9.17, 15) is 14.7 Å². The first-order valence-corrected chi connectivity index (χ1v) is 13.3. The Morgan fingerprint density at radius 2 is 1.82 bits per heavy atom. The van der Waals surface area contributed by atoms with E-state index in [-0.39, 0.29) is 22.7 Å². The number of hydrogen-bond acceptors (Lipinski definition) is 2. The molecular weight excluding hydrogens is 424 g/mol. The Bertz CT molecular complexity index is 897. The van der Waals surface area contributed by atoms with Crippen molar-refractivity contribution >= 4 is 11.9 Å². The molecule has 4 heteroatoms. The van der Waals surface area contributed by atoms with E-state index in [0.717, 1.165) is 25.7 Å². The molecule has 7 atom stereocenters. The van der Waals surface area contributed by atoms with Crippen LogP contribution in [0.1, 0.15) is 99.3 Å². The van der Waals surface area contributed by atoms with Gasteiger partial charge in [0.2, 0.25) is 0 Å². The molecule has 2 fully saturated rings. The third-order valence-corrected chi connectivity index (χ3v) is 10.7. The van der Waals surface area contributed by atoms with Crippen LogP contribution in [-0.2, 0) is 9.59 Å². The summed E-state index contributed by atoms with van der Waals surface area (Å²) in [6.45, 7) is 17.8. The van der Waals surface area contributed by atoms with Gasteiger partial charge in [0, 0.05) is 12.0 Å². The van der Waals surface area contributed by atoms with Crippen molar-refractivity contribution in [2.24, 2.45) is 39.9 Å². The van der Waals surface area contributed by atoms with E-state index in [1.54, 1.807) is 6.92 Å². The summed E-state index contributed by atoms with van der Waals surface area (Å²) >= 11 is 0. The summed E-state index contributed by atoms with van der Waals surface area (Å²) < 4.78 is 0. The molecule has 0 aromatic heterocycles. The lowest BCUT2D eigenvalue weighted by Gasteiger charge is -2.60. The Balaban J connectivity index is 1.89. The van der Waals surface area contributed by atoms with E-state index in [1.165, 1.54) is 30.4 Å². The lowest BCUT2D eigenvalue weighted by molar-refractivity contribution is -0.138. The molecule has 0 heterocycles. The Morgan fingerprint density at radius 3 is 2.41 bits per heavy atom. The van der Waals surface area contributed by atoms with Gasteiger partial charge in [-0.2, -0.15) is 0 Å². The summed E-state index contributed by atoms with van der Waals surface area (Å²) in [7, 11) is 0. The fraction of sp³-hybridized carbons (Fsp3) is 0.733. The Labute approximate surface area is 206 Å². The Hall–Kier alpha value is -1.84. The number of carboxylic acid groups (broad SMARTS) is 2. The van der Waals surface area contributed by atoms with Crippen LogP contribution in [0.5, 0.6) is 0 Å². The van der Waals surface area contributed by atoms with Crippen LogP contribution in [0.4, 0.5) is 0 Å². The molecule has 3 aliphatic rings. The maximum absolute atomic E-state index is 11.5. The molecule has 4 nitrogen and oxygen atoms in total. The molecule has 0 bridgehead atoms. The van der Waals surface area contributed by atoms with Gasteiger partial charge in [0.1, 0.15) is 0 Å². The minimum atomic E-state index is -0.825. The minimum Gasteiger partial charge on any atom is -0.481 e. The Kier molecular flexibility index (Phi) is 7.60. The molecule has 3 rings (SSSR count). The summed E-state index contributed by atoms with van der Waals surface area (Å²) in [5.74, 6) is 0.491. The highest BCUT2D eigenvalue weighted by Crippen LogP contribution is 2.71. The van der Waals surface area contributed by atoms with Gasteiger partial charge < -0.3 is 10.2 Å². The van der Waals surface area contributed by atoms with Crippen molar-refractivity contribution in [2.45, 2.75) is 99.3 Å². The fourth-order valence-corrected chi connectivity index (χ4v) is 8.44. The summed E-state index contributed by atoms with van der Waals surface area (Å²) in [4.78, 5) is 22.7. The van der Waals surface area contributed by atoms with Crippen LogP contribution in [0.25, 0.3) is 0 Å². The molecule has 190 valence electrons. The zero-order valence-electron chi connectivity index (χ0n) is 22.2. The molecule has 34 heavy (non-hydrogen) atoms. The zero-order valence-corrected chi connectivity index (χ0v) is 22.2. The van der Waals surface area contributed by atoms with Crippen LogP contribution < -0.4 is 0 Å². The first-order chi connectivity index (χ1) is 15.8. The van der Waals surface area contributed by atoms with Crippen LogP contribution in [-0.4, -0.2) is 22.2 Å². The number of hydrogen-bond donors (Lipinski definition) is 2. The van der Waals surface area contributed by atoms with E-state index in [4.69, 9.17) is 5.11 Å². The van der Waals surface area contributed by atoms with Gasteiger partial charge >= 0.3 is 11.9 Å². The van der Waals surface area contributed by atoms with E-state index in [0.29, 0.717) is 35.7 Å². The molecule has 0 amide bonds. The third-order valence-electron chi connectivity index (χ3n) is 10.7. The normalized spacial score (nSPS) is 38.5. The molecule has 3 aliphatic carbocycles. The molecule has 2 N–H and O–H groups in total. The van der Waals surface area contributed by atoms with Crippen molar-refractivity contribution < 1.29 is 19.8 Å². The lowest BCUT2D eigenvalue weighted by atomic mass is 9.44. The zero-order chi connectivity index (χ0) is 25.5. The van der Waals surface area contributed by atoms with Crippen molar-refractivity contribution in [3.63, 3.8) is 0 Å². The molecule has 0 radical (unpaired) electrons. The number of carbonyl (C=O) groups is 2. The number of rotatable bonds is 9. The average molecular weight is 471 g/mol. The highest BCUT2D eigenvalue weighted by molar-refractivity contribution is 5.85. The number of aliphatic carboxylic acids is 2. The molecule has 3 unspecified atom stereocenters. The maximum atomic E-state index is 11.5. The molecule has 0 saturated heterocycles. The first kappa shape index (κ1) is 26.8. The van der Waals surface area contributed by atoms with E-state index >= 15 is 0 Å². The van der Waals surface area contributed by atoms with E-state index < -0.39 is 11.9 Å². The fourth-order valence-electron chi connectivity index (χ4n) is 8.44. The monoisotopic (exact) mass is 470 g/mol. The first-order valence-electron chi connectivity index (χ1n) is 13.3. The van der Waals surface area contributed by atoms with Crippen molar-refractivity contribution in [2.75, 3.05) is 0 Å². The SMILES string of the molecule is C=C(C)[C@H]1CCC2C(=CC[C@@]3(C)C(C(C)CC/C=C(\C)C(=O)O)CC[C@]23C)[C@]1(C)CCC(=O)O. The predicted molar refractivity (Wildman–Crippen MR) is 137 cm³/mol. The standard InChI is InChI=1S/C30H46O4/c1-19(2)22-11-12-25-24(28(22,5)16-15-26(31)32)14-18-29(6)23(13-17-30(25,29)7)20(3)9-8-10-21(4)27(33)34/h10,14,20,22-23,25H,1,8-9,11-13,15-18H2,2-7H3,(H,31,32)(H,33,34)/b21-10+/t20?,22-,23?,25?,28-,29+,30-/m1/s1. The van der Waals surface area contributed by atoms with Gasteiger partial charge in [-0.25, -0.2) is 4.79 Å². The van der Waals surface area contributed by atoms with Crippen molar-refractivity contribution in [3.8, 4) is 0 Å². The van der Waals surface area contributed by atoms with Gasteiger partial charge in [0.25, 0.3) is 0 Å². The summed E-state index contributed by atoms with van der Waals surface area (Å²) in [5.41, 5.74) is 3.45. The van der Waals surface area contributed by atoms with E-state index in [2.05, 4.69) is 47.3 Å². The average Bonchev–Trinajstić information content (AvgIpc) is 3.03. The molecule has 0 aromatic carbocycles. The van der Waals surface area contributed by atoms with Gasteiger partial charge in [-0.1, -0.05) is 57.6 Å². The summed E-state index contributed by atoms with van der Waals surface area (Å²) in [6, 6.07) is 0. The lowest BCUT2D eigenvalue weighted by Crippen LogP contribution is -2.52. The summed E-state index contributed by atoms with van der Waals surface area (Å²) in [5, 5.41) is 18.6. The molecular formula is C30H46O4. The maximum Gasteiger partial charge on any atom is 0.330 e. The Morgan fingerprint density at radius 1 is 1.15 bits per heavy atom. The van der Waals surface area contributed by atoms with Crippen LogP contribution >= 0.6 is 0 Å². The quantitative estimate of drug-likeness (QED) is 0.268. The highest BCUT2D eigenvalue weighted by Gasteiger charge is 2.63. The van der Waals surface area contributed by atoms with Gasteiger partial charge in [0.05, 0.1) is 0 Å². The largest absolute Gasteiger partial charge is 0.481 e. The van der Waals surface area contributed by atoms with Crippen molar-refractivity contribution in [1.82, 2.24) is 0 Å². The number of allylic oxidation sites excluding steroid dienone is 4. The van der Waals surface area contributed by atoms with Crippen LogP contribution in [0.15, 0.2) is 35.5 Å². The molecule has 0 aromatic rings. The predicted octanol–water partition coefficient (Wildman–Crippen LogP) is 7.66. The smallest absolute Gasteiger partial charge is 0.330 e. The number of carboxylic acids is 2. The molecule has 2 saturated carbocycles. The second kappa shape index (κ2) is 9.66. The second-order valence-electron chi connectivity index (χ2n) is 12.4. The van der Waals surface area contributed by atoms with Crippen LogP contribution in [0.3, 0.4) is 0 Å². The van der Waals surface area contributed by atoms with Gasteiger partial charge in [-0.3, -0.25) is 4.79 Å². The molecule has 0 aliphatic heterocycles. The minimum absolute atomic E-state index is 0.125. The van der Waals surface area contributed by atoms with E-state index in [1.807, 2.05) is 6.08 Å².